The molecule has 0 aromatic heterocycles. The molecule has 2 aliphatic rings. The van der Waals surface area contributed by atoms with Crippen LogP contribution in [0.4, 0.5) is 4.39 Å². The summed E-state index contributed by atoms with van der Waals surface area (Å²) in [6.45, 7) is 4.08. The first kappa shape index (κ1) is 20.4. The first-order valence-electron chi connectivity index (χ1n) is 11.4. The minimum atomic E-state index is -0.163. The van der Waals surface area contributed by atoms with E-state index < -0.39 is 0 Å². The molecule has 0 atom stereocenters. The summed E-state index contributed by atoms with van der Waals surface area (Å²) in [6, 6.07) is 5.59. The normalized spacial score (nSPS) is 28.4. The zero-order valence-corrected chi connectivity index (χ0v) is 17.4. The van der Waals surface area contributed by atoms with E-state index >= 15 is 0 Å². The van der Waals surface area contributed by atoms with Crippen molar-refractivity contribution in [2.24, 2.45) is 23.7 Å². The molecule has 0 amide bonds. The van der Waals surface area contributed by atoms with Crippen molar-refractivity contribution in [3.63, 3.8) is 0 Å². The lowest BCUT2D eigenvalue weighted by Crippen LogP contribution is -2.26. The van der Waals surface area contributed by atoms with Crippen molar-refractivity contribution in [1.82, 2.24) is 0 Å². The molecule has 1 aromatic rings. The third kappa shape index (κ3) is 5.84. The van der Waals surface area contributed by atoms with Crippen molar-refractivity contribution in [2.75, 3.05) is 0 Å². The second-order valence-corrected chi connectivity index (χ2v) is 9.08. The first-order valence-corrected chi connectivity index (χ1v) is 11.4. The molecule has 2 saturated carbocycles. The maximum absolute atomic E-state index is 14.0. The third-order valence-electron chi connectivity index (χ3n) is 7.28. The molecular formula is C26H37F. The average Bonchev–Trinajstić information content (AvgIpc) is 2.70. The fraction of sp³-hybridized carbons (Fsp3) is 0.692. The van der Waals surface area contributed by atoms with E-state index in [-0.39, 0.29) is 5.82 Å². The summed E-state index contributed by atoms with van der Waals surface area (Å²) in [5.41, 5.74) is 1.65. The Morgan fingerprint density at radius 2 is 1.48 bits per heavy atom. The van der Waals surface area contributed by atoms with Gasteiger partial charge in [-0.05, 0) is 86.8 Å². The molecule has 3 rings (SSSR count). The highest BCUT2D eigenvalue weighted by Crippen LogP contribution is 2.42. The molecule has 0 radical (unpaired) electrons. The zero-order valence-electron chi connectivity index (χ0n) is 17.4. The van der Waals surface area contributed by atoms with Gasteiger partial charge in [-0.3, -0.25) is 0 Å². The minimum Gasteiger partial charge on any atom is -0.206 e. The molecule has 2 aliphatic carbocycles. The summed E-state index contributed by atoms with van der Waals surface area (Å²) in [5.74, 6) is 9.32. The summed E-state index contributed by atoms with van der Waals surface area (Å²) >= 11 is 0. The molecule has 0 aliphatic heterocycles. The highest BCUT2D eigenvalue weighted by atomic mass is 19.1. The van der Waals surface area contributed by atoms with Gasteiger partial charge in [-0.25, -0.2) is 4.39 Å². The van der Waals surface area contributed by atoms with Gasteiger partial charge in [-0.2, -0.15) is 0 Å². The van der Waals surface area contributed by atoms with Gasteiger partial charge in [0.2, 0.25) is 0 Å². The van der Waals surface area contributed by atoms with Crippen LogP contribution in [0.3, 0.4) is 0 Å². The quantitative estimate of drug-likeness (QED) is 0.455. The fourth-order valence-electron chi connectivity index (χ4n) is 5.63. The van der Waals surface area contributed by atoms with Crippen LogP contribution < -0.4 is 0 Å². The Bertz CT molecular complexity index is 634. The van der Waals surface area contributed by atoms with Crippen LogP contribution in [-0.2, 0) is 6.42 Å². The predicted molar refractivity (Wildman–Crippen MR) is 113 cm³/mol. The van der Waals surface area contributed by atoms with Gasteiger partial charge in [0.15, 0.2) is 0 Å². The topological polar surface area (TPSA) is 0 Å². The number of benzene rings is 1. The molecule has 0 spiro atoms. The zero-order chi connectivity index (χ0) is 19.1. The lowest BCUT2D eigenvalue weighted by molar-refractivity contribution is 0.141. The van der Waals surface area contributed by atoms with Crippen molar-refractivity contribution in [2.45, 2.75) is 90.9 Å². The summed E-state index contributed by atoms with van der Waals surface area (Å²) < 4.78 is 14.0. The van der Waals surface area contributed by atoms with E-state index in [0.717, 1.165) is 35.7 Å². The number of halogens is 1. The lowest BCUT2D eigenvalue weighted by Gasteiger charge is -2.38. The van der Waals surface area contributed by atoms with Crippen LogP contribution in [0.2, 0.25) is 0 Å². The van der Waals surface area contributed by atoms with Crippen molar-refractivity contribution >= 4 is 0 Å². The molecule has 27 heavy (non-hydrogen) atoms. The van der Waals surface area contributed by atoms with Crippen molar-refractivity contribution < 1.29 is 4.39 Å². The van der Waals surface area contributed by atoms with E-state index in [1.165, 1.54) is 70.6 Å². The number of hydrogen-bond acceptors (Lipinski definition) is 0. The van der Waals surface area contributed by atoms with E-state index in [0.29, 0.717) is 5.56 Å². The highest BCUT2D eigenvalue weighted by molar-refractivity contribution is 5.37. The Labute approximate surface area is 166 Å². The molecule has 1 aromatic carbocycles. The van der Waals surface area contributed by atoms with E-state index in [1.807, 2.05) is 6.07 Å². The Hall–Kier alpha value is -1.29. The van der Waals surface area contributed by atoms with Crippen LogP contribution in [-0.4, -0.2) is 0 Å². The largest absolute Gasteiger partial charge is 0.206 e. The van der Waals surface area contributed by atoms with Crippen molar-refractivity contribution in [3.05, 3.63) is 35.1 Å². The summed E-state index contributed by atoms with van der Waals surface area (Å²) in [5, 5.41) is 0. The van der Waals surface area contributed by atoms with Crippen molar-refractivity contribution in [3.8, 4) is 11.8 Å². The molecule has 0 heterocycles. The van der Waals surface area contributed by atoms with E-state index in [2.05, 4.69) is 24.8 Å². The summed E-state index contributed by atoms with van der Waals surface area (Å²) in [4.78, 5) is 0. The van der Waals surface area contributed by atoms with Crippen LogP contribution in [0.1, 0.15) is 95.6 Å². The second-order valence-electron chi connectivity index (χ2n) is 9.08. The molecular weight excluding hydrogens is 331 g/mol. The molecule has 0 unspecified atom stereocenters. The van der Waals surface area contributed by atoms with Gasteiger partial charge in [0, 0.05) is 0 Å². The predicted octanol–water partition coefficient (Wildman–Crippen LogP) is 7.54. The number of hydrogen-bond donors (Lipinski definition) is 0. The van der Waals surface area contributed by atoms with E-state index in [4.69, 9.17) is 0 Å². The monoisotopic (exact) mass is 368 g/mol. The Morgan fingerprint density at radius 1 is 0.889 bits per heavy atom. The maximum atomic E-state index is 14.0. The SMILES string of the molecule is CC#Cc1ccc(CCC2CCC(C3CCC(CCC)CC3)CC2)cc1F. The average molecular weight is 369 g/mol. The lowest BCUT2D eigenvalue weighted by atomic mass is 9.68. The Balaban J connectivity index is 1.40. The molecule has 2 fully saturated rings. The van der Waals surface area contributed by atoms with Gasteiger partial charge in [0.25, 0.3) is 0 Å². The van der Waals surface area contributed by atoms with Crippen LogP contribution in [0.25, 0.3) is 0 Å². The van der Waals surface area contributed by atoms with Crippen LogP contribution in [0.15, 0.2) is 18.2 Å². The van der Waals surface area contributed by atoms with E-state index in [1.54, 1.807) is 13.0 Å². The summed E-state index contributed by atoms with van der Waals surface area (Å²) in [7, 11) is 0. The van der Waals surface area contributed by atoms with Gasteiger partial charge in [0.1, 0.15) is 5.82 Å². The Kier molecular flexibility index (Phi) is 7.81. The van der Waals surface area contributed by atoms with Gasteiger partial charge < -0.3 is 0 Å². The highest BCUT2D eigenvalue weighted by Gasteiger charge is 2.30. The van der Waals surface area contributed by atoms with Gasteiger partial charge >= 0.3 is 0 Å². The number of aryl methyl sites for hydroxylation is 1. The maximum Gasteiger partial charge on any atom is 0.139 e. The van der Waals surface area contributed by atoms with E-state index in [9.17, 15) is 4.39 Å². The smallest absolute Gasteiger partial charge is 0.139 e. The van der Waals surface area contributed by atoms with Crippen LogP contribution in [0, 0.1) is 41.3 Å². The first-order chi connectivity index (χ1) is 13.2. The van der Waals surface area contributed by atoms with Crippen molar-refractivity contribution in [1.29, 1.82) is 0 Å². The molecule has 0 bridgehead atoms. The second kappa shape index (κ2) is 10.3. The third-order valence-corrected chi connectivity index (χ3v) is 7.28. The minimum absolute atomic E-state index is 0.163. The Morgan fingerprint density at radius 3 is 2.00 bits per heavy atom. The van der Waals surface area contributed by atoms with Gasteiger partial charge in [-0.15, -0.1) is 5.92 Å². The molecule has 0 saturated heterocycles. The molecule has 1 heteroatoms. The molecule has 0 nitrogen and oxygen atoms in total. The van der Waals surface area contributed by atoms with Gasteiger partial charge in [-0.1, -0.05) is 57.4 Å². The number of rotatable bonds is 6. The standard InChI is InChI=1S/C26H37F/c1-3-5-20-9-14-23(15-10-20)24-16-11-21(12-17-24)7-8-22-13-18-25(6-4-2)26(27)19-22/h13,18-21,23-24H,3,5,7-12,14-17H2,1-2H3. The van der Waals surface area contributed by atoms with Crippen LogP contribution >= 0.6 is 0 Å². The fourth-order valence-corrected chi connectivity index (χ4v) is 5.63. The molecule has 0 N–H and O–H groups in total. The van der Waals surface area contributed by atoms with Crippen LogP contribution in [0.5, 0.6) is 0 Å². The summed E-state index contributed by atoms with van der Waals surface area (Å²) in [6.07, 6.45) is 16.7. The van der Waals surface area contributed by atoms with Gasteiger partial charge in [0.05, 0.1) is 5.56 Å². The molecule has 148 valence electrons.